The van der Waals surface area contributed by atoms with Crippen LogP contribution in [0.4, 0.5) is 4.79 Å². The molecule has 0 saturated carbocycles. The zero-order valence-electron chi connectivity index (χ0n) is 19.9. The highest BCUT2D eigenvalue weighted by Gasteiger charge is 2.46. The molecule has 186 valence electrons. The Labute approximate surface area is 204 Å². The van der Waals surface area contributed by atoms with Gasteiger partial charge in [-0.1, -0.05) is 55.5 Å². The molecule has 2 unspecified atom stereocenters. The smallest absolute Gasteiger partial charge is 0.407 e. The van der Waals surface area contributed by atoms with Crippen LogP contribution in [0.3, 0.4) is 0 Å². The average molecular weight is 483 g/mol. The maximum atomic E-state index is 13.1. The minimum atomic E-state index is -1.63. The van der Waals surface area contributed by atoms with Crippen LogP contribution in [0.1, 0.15) is 30.4 Å². The van der Waals surface area contributed by atoms with Crippen molar-refractivity contribution in [1.29, 1.82) is 0 Å². The molecule has 0 radical (unpaired) electrons. The van der Waals surface area contributed by atoms with Crippen molar-refractivity contribution < 1.29 is 33.7 Å². The molecule has 0 spiro atoms. The van der Waals surface area contributed by atoms with Crippen LogP contribution in [0.25, 0.3) is 11.1 Å². The van der Waals surface area contributed by atoms with Crippen LogP contribution in [-0.2, 0) is 23.8 Å². The molecule has 1 fully saturated rings. The zero-order chi connectivity index (χ0) is 25.0. The summed E-state index contributed by atoms with van der Waals surface area (Å²) in [5.41, 5.74) is 2.82. The number of methoxy groups -OCH3 is 1. The summed E-state index contributed by atoms with van der Waals surface area (Å²) >= 11 is 0. The van der Waals surface area contributed by atoms with E-state index in [1.54, 1.807) is 6.92 Å². The second-order valence-electron chi connectivity index (χ2n) is 8.77. The van der Waals surface area contributed by atoms with Gasteiger partial charge in [0.1, 0.15) is 12.6 Å². The monoisotopic (exact) mass is 482 g/mol. The lowest BCUT2D eigenvalue weighted by molar-refractivity contribution is -0.189. The number of rotatable bonds is 8. The number of carbonyl (C=O) groups excluding carboxylic acids is 2. The van der Waals surface area contributed by atoms with Gasteiger partial charge in [0.2, 0.25) is 11.5 Å². The molecule has 2 aromatic rings. The van der Waals surface area contributed by atoms with E-state index in [2.05, 4.69) is 17.4 Å². The topological polar surface area (TPSA) is 114 Å². The maximum Gasteiger partial charge on any atom is 0.407 e. The molecule has 0 bridgehead atoms. The molecule has 4 rings (SSSR count). The summed E-state index contributed by atoms with van der Waals surface area (Å²) in [5, 5.41) is 12.3. The van der Waals surface area contributed by atoms with Crippen LogP contribution in [0.2, 0.25) is 0 Å². The molecular formula is C26H30N2O7. The molecule has 2 N–H and O–H groups in total. The minimum absolute atomic E-state index is 0.0583. The Balaban J connectivity index is 1.39. The van der Waals surface area contributed by atoms with E-state index in [0.29, 0.717) is 6.42 Å². The van der Waals surface area contributed by atoms with Gasteiger partial charge in [-0.15, -0.1) is 0 Å². The van der Waals surface area contributed by atoms with Crippen molar-refractivity contribution in [2.75, 3.05) is 40.0 Å². The van der Waals surface area contributed by atoms with Crippen molar-refractivity contribution >= 4 is 18.0 Å². The lowest BCUT2D eigenvalue weighted by atomic mass is 9.98. The highest BCUT2D eigenvalue weighted by molar-refractivity contribution is 5.87. The minimum Gasteiger partial charge on any atom is -0.479 e. The van der Waals surface area contributed by atoms with Crippen molar-refractivity contribution in [1.82, 2.24) is 10.2 Å². The number of amides is 2. The maximum absolute atomic E-state index is 13.1. The number of hydrogen-bond acceptors (Lipinski definition) is 6. The third kappa shape index (κ3) is 4.87. The summed E-state index contributed by atoms with van der Waals surface area (Å²) in [5.74, 6) is -1.67. The van der Waals surface area contributed by atoms with Gasteiger partial charge >= 0.3 is 12.1 Å². The third-order valence-corrected chi connectivity index (χ3v) is 6.61. The van der Waals surface area contributed by atoms with Gasteiger partial charge < -0.3 is 29.5 Å². The van der Waals surface area contributed by atoms with E-state index >= 15 is 0 Å². The molecule has 1 heterocycles. The van der Waals surface area contributed by atoms with E-state index in [1.165, 1.54) is 12.0 Å². The van der Waals surface area contributed by atoms with Gasteiger partial charge in [-0.25, -0.2) is 9.59 Å². The van der Waals surface area contributed by atoms with Crippen molar-refractivity contribution in [3.8, 4) is 11.1 Å². The highest BCUT2D eigenvalue weighted by Crippen LogP contribution is 2.44. The molecule has 1 saturated heterocycles. The van der Waals surface area contributed by atoms with Crippen LogP contribution in [0.5, 0.6) is 0 Å². The van der Waals surface area contributed by atoms with Crippen molar-refractivity contribution in [2.24, 2.45) is 0 Å². The summed E-state index contributed by atoms with van der Waals surface area (Å²) in [4.78, 5) is 39.0. The van der Waals surface area contributed by atoms with Gasteiger partial charge in [0.15, 0.2) is 0 Å². The molecule has 9 heteroatoms. The largest absolute Gasteiger partial charge is 0.479 e. The number of hydrogen-bond donors (Lipinski definition) is 2. The molecule has 35 heavy (non-hydrogen) atoms. The molecule has 2 aliphatic rings. The van der Waals surface area contributed by atoms with Crippen LogP contribution in [0.15, 0.2) is 48.5 Å². The lowest BCUT2D eigenvalue weighted by Gasteiger charge is -2.40. The fourth-order valence-corrected chi connectivity index (χ4v) is 4.83. The summed E-state index contributed by atoms with van der Waals surface area (Å²) in [6.45, 7) is 1.83. The number of nitrogens with one attached hydrogen (secondary N) is 1. The Hall–Kier alpha value is -3.43. The van der Waals surface area contributed by atoms with Crippen LogP contribution in [0, 0.1) is 0 Å². The van der Waals surface area contributed by atoms with E-state index in [4.69, 9.17) is 14.2 Å². The molecule has 2 atom stereocenters. The first-order valence-corrected chi connectivity index (χ1v) is 11.7. The SMILES string of the molecule is CCC(NC(=O)OCC1c2ccccc2-c2ccccc21)C(=O)N1CCOC(COC)(C(=O)O)C1. The summed E-state index contributed by atoms with van der Waals surface area (Å²) < 4.78 is 16.1. The fraction of sp³-hybridized carbons (Fsp3) is 0.423. The molecule has 0 aromatic heterocycles. The Bertz CT molecular complexity index is 1060. The second-order valence-corrected chi connectivity index (χ2v) is 8.77. The first kappa shape index (κ1) is 24.7. The number of morpholine rings is 1. The van der Waals surface area contributed by atoms with Gasteiger partial charge in [0, 0.05) is 19.6 Å². The van der Waals surface area contributed by atoms with Gasteiger partial charge in [-0.05, 0) is 28.7 Å². The first-order valence-electron chi connectivity index (χ1n) is 11.7. The number of nitrogens with zero attached hydrogens (tertiary/aromatic N) is 1. The van der Waals surface area contributed by atoms with Gasteiger partial charge in [-0.3, -0.25) is 4.79 Å². The van der Waals surface area contributed by atoms with E-state index in [-0.39, 0.29) is 44.7 Å². The van der Waals surface area contributed by atoms with Crippen molar-refractivity contribution in [3.63, 3.8) is 0 Å². The average Bonchev–Trinajstić information content (AvgIpc) is 3.19. The summed E-state index contributed by atoms with van der Waals surface area (Å²) in [6.07, 6.45) is -0.369. The van der Waals surface area contributed by atoms with Crippen LogP contribution >= 0.6 is 0 Å². The van der Waals surface area contributed by atoms with E-state index in [0.717, 1.165) is 22.3 Å². The number of benzene rings is 2. The summed E-state index contributed by atoms with van der Waals surface area (Å²) in [6, 6.07) is 15.2. The van der Waals surface area contributed by atoms with Gasteiger partial charge in [0.25, 0.3) is 0 Å². The molecule has 1 aliphatic heterocycles. The number of aliphatic carboxylic acids is 1. The number of carboxylic acids is 1. The van der Waals surface area contributed by atoms with Crippen LogP contribution < -0.4 is 5.32 Å². The quantitative estimate of drug-likeness (QED) is 0.594. The number of carboxylic acid groups (broad SMARTS) is 1. The Morgan fingerprint density at radius 3 is 2.34 bits per heavy atom. The fourth-order valence-electron chi connectivity index (χ4n) is 4.83. The predicted octanol–water partition coefficient (Wildman–Crippen LogP) is 2.63. The second kappa shape index (κ2) is 10.5. The van der Waals surface area contributed by atoms with E-state index in [9.17, 15) is 19.5 Å². The third-order valence-electron chi connectivity index (χ3n) is 6.61. The predicted molar refractivity (Wildman–Crippen MR) is 127 cm³/mol. The standard InChI is InChI=1S/C26H30N2O7/c1-3-22(23(29)28-12-13-35-26(15-28,16-33-2)24(30)31)27-25(32)34-14-21-19-10-6-4-8-17(19)18-9-5-7-11-20(18)21/h4-11,21-22H,3,12-16H2,1-2H3,(H,27,32)(H,30,31). The van der Waals surface area contributed by atoms with Crippen LogP contribution in [-0.4, -0.2) is 79.6 Å². The van der Waals surface area contributed by atoms with Crippen molar-refractivity contribution in [3.05, 3.63) is 59.7 Å². The molecule has 2 aromatic carbocycles. The molecule has 9 nitrogen and oxygen atoms in total. The van der Waals surface area contributed by atoms with Gasteiger partial charge in [0.05, 0.1) is 19.8 Å². The lowest BCUT2D eigenvalue weighted by Crippen LogP contribution is -2.62. The number of ether oxygens (including phenoxy) is 3. The highest BCUT2D eigenvalue weighted by atomic mass is 16.6. The number of alkyl carbamates (subject to hydrolysis) is 1. The molecule has 1 aliphatic carbocycles. The van der Waals surface area contributed by atoms with Gasteiger partial charge in [-0.2, -0.15) is 0 Å². The number of carbonyl (C=O) groups is 3. The summed E-state index contributed by atoms with van der Waals surface area (Å²) in [7, 11) is 1.38. The Morgan fingerprint density at radius 2 is 1.77 bits per heavy atom. The number of fused-ring (bicyclic) bond motifs is 3. The van der Waals surface area contributed by atoms with E-state index < -0.39 is 23.7 Å². The Kier molecular flexibility index (Phi) is 7.37. The van der Waals surface area contributed by atoms with E-state index in [1.807, 2.05) is 36.4 Å². The zero-order valence-corrected chi connectivity index (χ0v) is 19.9. The first-order chi connectivity index (χ1) is 16.9. The Morgan fingerprint density at radius 1 is 1.14 bits per heavy atom. The normalized spacial score (nSPS) is 20.0. The molecular weight excluding hydrogens is 452 g/mol. The molecule has 2 amide bonds. The van der Waals surface area contributed by atoms with Crippen molar-refractivity contribution in [2.45, 2.75) is 30.9 Å².